The number of hydrogen-bond donors (Lipinski definition) is 0. The first kappa shape index (κ1) is 12.2. The second-order valence-corrected chi connectivity index (χ2v) is 6.46. The average Bonchev–Trinajstić information content (AvgIpc) is 2.95. The van der Waals surface area contributed by atoms with Crippen LogP contribution in [0, 0.1) is 0 Å². The molecular weight excluding hydrogens is 268 g/mol. The molecule has 2 aromatic heterocycles. The molecule has 1 saturated heterocycles. The summed E-state index contributed by atoms with van der Waals surface area (Å²) in [7, 11) is 0. The molecule has 0 radical (unpaired) electrons. The fourth-order valence-electron chi connectivity index (χ4n) is 2.09. The van der Waals surface area contributed by atoms with Gasteiger partial charge >= 0.3 is 0 Å². The van der Waals surface area contributed by atoms with Crippen molar-refractivity contribution in [2.45, 2.75) is 30.5 Å². The van der Waals surface area contributed by atoms with Crippen LogP contribution in [0.4, 0.5) is 0 Å². The Bertz CT molecular complexity index is 607. The molecule has 4 nitrogen and oxygen atoms in total. The highest BCUT2D eigenvalue weighted by molar-refractivity contribution is 7.99. The highest BCUT2D eigenvalue weighted by atomic mass is 32.2. The van der Waals surface area contributed by atoms with E-state index in [0.29, 0.717) is 11.4 Å². The van der Waals surface area contributed by atoms with Gasteiger partial charge in [0.2, 0.25) is 0 Å². The number of aromatic nitrogens is 2. The zero-order valence-corrected chi connectivity index (χ0v) is 11.7. The Kier molecular flexibility index (Phi) is 3.41. The Morgan fingerprint density at radius 3 is 3.33 bits per heavy atom. The molecule has 0 spiro atoms. The van der Waals surface area contributed by atoms with E-state index in [9.17, 15) is 4.79 Å². The van der Waals surface area contributed by atoms with Gasteiger partial charge in [-0.05, 0) is 13.3 Å². The molecule has 0 saturated carbocycles. The van der Waals surface area contributed by atoms with E-state index in [1.807, 2.05) is 17.1 Å². The molecule has 0 N–H and O–H groups in total. The first-order chi connectivity index (χ1) is 8.74. The normalized spacial score (nSPS) is 23.8. The second kappa shape index (κ2) is 5.03. The van der Waals surface area contributed by atoms with Gasteiger partial charge in [0.05, 0.1) is 11.8 Å². The average molecular weight is 282 g/mol. The summed E-state index contributed by atoms with van der Waals surface area (Å²) < 4.78 is 7.11. The van der Waals surface area contributed by atoms with E-state index in [0.717, 1.165) is 29.4 Å². The van der Waals surface area contributed by atoms with Crippen LogP contribution in [-0.2, 0) is 10.5 Å². The lowest BCUT2D eigenvalue weighted by atomic mass is 10.3. The van der Waals surface area contributed by atoms with Crippen molar-refractivity contribution in [1.29, 1.82) is 0 Å². The van der Waals surface area contributed by atoms with Crippen LogP contribution in [0.15, 0.2) is 22.4 Å². The predicted molar refractivity (Wildman–Crippen MR) is 74.5 cm³/mol. The van der Waals surface area contributed by atoms with Gasteiger partial charge in [0, 0.05) is 35.3 Å². The summed E-state index contributed by atoms with van der Waals surface area (Å²) in [5, 5.41) is 2.40. The largest absolute Gasteiger partial charge is 0.377 e. The summed E-state index contributed by atoms with van der Waals surface area (Å²) in [6.45, 7) is 2.95. The summed E-state index contributed by atoms with van der Waals surface area (Å²) in [6.07, 6.45) is 3.16. The lowest BCUT2D eigenvalue weighted by molar-refractivity contribution is 0.127. The summed E-state index contributed by atoms with van der Waals surface area (Å²) in [6, 6.07) is 1.63. The fraction of sp³-hybridized carbons (Fsp3) is 0.500. The molecule has 1 aliphatic heterocycles. The van der Waals surface area contributed by atoms with Gasteiger partial charge in [-0.25, -0.2) is 4.98 Å². The fourth-order valence-corrected chi connectivity index (χ4v) is 3.97. The van der Waals surface area contributed by atoms with Gasteiger partial charge in [-0.2, -0.15) is 0 Å². The number of rotatable bonds is 3. The molecule has 2 aromatic rings. The van der Waals surface area contributed by atoms with Crippen molar-refractivity contribution in [3.63, 3.8) is 0 Å². The Morgan fingerprint density at radius 2 is 2.56 bits per heavy atom. The first-order valence-corrected chi connectivity index (χ1v) is 7.86. The minimum absolute atomic E-state index is 0.00701. The monoisotopic (exact) mass is 282 g/mol. The molecule has 3 heterocycles. The van der Waals surface area contributed by atoms with Crippen molar-refractivity contribution in [3.05, 3.63) is 33.7 Å². The van der Waals surface area contributed by atoms with Gasteiger partial charge in [0.25, 0.3) is 5.56 Å². The lowest BCUT2D eigenvalue weighted by Crippen LogP contribution is -2.15. The zero-order valence-electron chi connectivity index (χ0n) is 10.0. The third-order valence-corrected chi connectivity index (χ3v) is 5.37. The minimum atomic E-state index is 0.00701. The third-order valence-electron chi connectivity index (χ3n) is 3.11. The standard InChI is InChI=1S/C12H14N2O2S2/c1-8-10(2-4-16-8)18-7-9-6-11(15)14-3-5-17-12(14)13-9/h3,5-6,8,10H,2,4,7H2,1H3/t8-,10+/m1/s1. The van der Waals surface area contributed by atoms with Gasteiger partial charge in [0.1, 0.15) is 0 Å². The van der Waals surface area contributed by atoms with Crippen LogP contribution in [-0.4, -0.2) is 27.3 Å². The van der Waals surface area contributed by atoms with Gasteiger partial charge in [-0.3, -0.25) is 9.20 Å². The highest BCUT2D eigenvalue weighted by Gasteiger charge is 2.24. The molecule has 1 fully saturated rings. The first-order valence-electron chi connectivity index (χ1n) is 5.93. The molecule has 96 valence electrons. The van der Waals surface area contributed by atoms with Crippen molar-refractivity contribution < 1.29 is 4.74 Å². The summed E-state index contributed by atoms with van der Waals surface area (Å²) in [4.78, 5) is 17.1. The Labute approximate surface area is 113 Å². The highest BCUT2D eigenvalue weighted by Crippen LogP contribution is 2.28. The number of thioether (sulfide) groups is 1. The van der Waals surface area contributed by atoms with E-state index in [1.165, 1.54) is 11.3 Å². The minimum Gasteiger partial charge on any atom is -0.377 e. The molecule has 0 bridgehead atoms. The lowest BCUT2D eigenvalue weighted by Gasteiger charge is -2.12. The maximum Gasteiger partial charge on any atom is 0.258 e. The smallest absolute Gasteiger partial charge is 0.258 e. The van der Waals surface area contributed by atoms with E-state index < -0.39 is 0 Å². The predicted octanol–water partition coefficient (Wildman–Crippen LogP) is 2.17. The van der Waals surface area contributed by atoms with Crippen molar-refractivity contribution in [3.8, 4) is 0 Å². The number of nitrogens with zero attached hydrogens (tertiary/aromatic N) is 2. The summed E-state index contributed by atoms with van der Waals surface area (Å²) >= 11 is 3.33. The van der Waals surface area contributed by atoms with E-state index in [-0.39, 0.29) is 5.56 Å². The quantitative estimate of drug-likeness (QED) is 0.865. The number of fused-ring (bicyclic) bond motifs is 1. The van der Waals surface area contributed by atoms with E-state index in [1.54, 1.807) is 16.7 Å². The topological polar surface area (TPSA) is 43.6 Å². The Balaban J connectivity index is 1.76. The van der Waals surface area contributed by atoms with Crippen LogP contribution in [0.1, 0.15) is 19.0 Å². The maximum atomic E-state index is 11.8. The van der Waals surface area contributed by atoms with Crippen molar-refractivity contribution in [1.82, 2.24) is 9.38 Å². The van der Waals surface area contributed by atoms with Gasteiger partial charge < -0.3 is 4.74 Å². The molecule has 3 rings (SSSR count). The van der Waals surface area contributed by atoms with Crippen LogP contribution in [0.3, 0.4) is 0 Å². The van der Waals surface area contributed by atoms with E-state index in [4.69, 9.17) is 4.74 Å². The molecule has 6 heteroatoms. The Morgan fingerprint density at radius 1 is 1.67 bits per heavy atom. The van der Waals surface area contributed by atoms with Gasteiger partial charge in [-0.15, -0.1) is 23.1 Å². The van der Waals surface area contributed by atoms with Crippen LogP contribution in [0.5, 0.6) is 0 Å². The second-order valence-electron chi connectivity index (χ2n) is 4.36. The van der Waals surface area contributed by atoms with Crippen molar-refractivity contribution >= 4 is 28.1 Å². The maximum absolute atomic E-state index is 11.8. The Hall–Kier alpha value is -0.850. The molecular formula is C12H14N2O2S2. The third kappa shape index (κ3) is 2.32. The molecule has 0 unspecified atom stereocenters. The van der Waals surface area contributed by atoms with Gasteiger partial charge in [0.15, 0.2) is 4.96 Å². The molecule has 0 amide bonds. The summed E-state index contributed by atoms with van der Waals surface area (Å²) in [5.41, 5.74) is 0.874. The molecule has 0 aromatic carbocycles. The zero-order chi connectivity index (χ0) is 12.5. The van der Waals surface area contributed by atoms with Gasteiger partial charge in [-0.1, -0.05) is 0 Å². The summed E-state index contributed by atoms with van der Waals surface area (Å²) in [5.74, 6) is 0.780. The van der Waals surface area contributed by atoms with Crippen molar-refractivity contribution in [2.24, 2.45) is 0 Å². The number of thiazole rings is 1. The van der Waals surface area contributed by atoms with E-state index in [2.05, 4.69) is 11.9 Å². The molecule has 0 aliphatic carbocycles. The molecule has 18 heavy (non-hydrogen) atoms. The van der Waals surface area contributed by atoms with Crippen LogP contribution in [0.25, 0.3) is 4.96 Å². The molecule has 1 aliphatic rings. The number of ether oxygens (including phenoxy) is 1. The van der Waals surface area contributed by atoms with E-state index >= 15 is 0 Å². The van der Waals surface area contributed by atoms with Crippen molar-refractivity contribution in [2.75, 3.05) is 6.61 Å². The van der Waals surface area contributed by atoms with Crippen LogP contribution < -0.4 is 5.56 Å². The number of hydrogen-bond acceptors (Lipinski definition) is 5. The molecule has 2 atom stereocenters. The van der Waals surface area contributed by atoms with Crippen LogP contribution in [0.2, 0.25) is 0 Å². The van der Waals surface area contributed by atoms with Crippen LogP contribution >= 0.6 is 23.1 Å². The SMILES string of the molecule is C[C@H]1OCC[C@@H]1SCc1cc(=O)n2ccsc2n1.